The van der Waals surface area contributed by atoms with Crippen LogP contribution in [0.5, 0.6) is 0 Å². The Balaban J connectivity index is 1.59. The van der Waals surface area contributed by atoms with Gasteiger partial charge in [0.05, 0.1) is 4.90 Å². The van der Waals surface area contributed by atoms with E-state index >= 15 is 0 Å². The lowest BCUT2D eigenvalue weighted by Gasteiger charge is -2.35. The highest BCUT2D eigenvalue weighted by Crippen LogP contribution is 2.32. The van der Waals surface area contributed by atoms with E-state index in [9.17, 15) is 18.0 Å². The van der Waals surface area contributed by atoms with Crippen molar-refractivity contribution in [3.8, 4) is 0 Å². The van der Waals surface area contributed by atoms with Gasteiger partial charge in [-0.1, -0.05) is 18.2 Å². The minimum Gasteiger partial charge on any atom is -0.352 e. The molecule has 2 amide bonds. The Hall–Kier alpha value is -2.71. The molecule has 0 spiro atoms. The number of hydrogen-bond donors (Lipinski definition) is 1. The highest BCUT2D eigenvalue weighted by atomic mass is 32.2. The summed E-state index contributed by atoms with van der Waals surface area (Å²) < 4.78 is 28.5. The van der Waals surface area contributed by atoms with E-state index in [-0.39, 0.29) is 37.9 Å². The molecule has 1 aliphatic rings. The third-order valence-corrected chi connectivity index (χ3v) is 9.31. The van der Waals surface area contributed by atoms with Gasteiger partial charge in [-0.15, -0.1) is 0 Å². The second-order valence-corrected chi connectivity index (χ2v) is 10.9. The van der Waals surface area contributed by atoms with Crippen LogP contribution in [-0.4, -0.2) is 62.2 Å². The molecule has 0 aromatic heterocycles. The molecular weight excluding hydrogens is 450 g/mol. The molecule has 8 heteroatoms. The number of sulfonamides is 1. The Morgan fingerprint density at radius 2 is 1.35 bits per heavy atom. The molecule has 7 nitrogen and oxygen atoms in total. The zero-order chi connectivity index (χ0) is 25.2. The van der Waals surface area contributed by atoms with Crippen molar-refractivity contribution >= 4 is 21.8 Å². The number of benzene rings is 2. The Morgan fingerprint density at radius 3 is 1.91 bits per heavy atom. The minimum atomic E-state index is -3.66. The summed E-state index contributed by atoms with van der Waals surface area (Å²) in [5, 5.41) is 2.80. The lowest BCUT2D eigenvalue weighted by molar-refractivity contribution is -0.132. The van der Waals surface area contributed by atoms with Crippen LogP contribution in [0.25, 0.3) is 0 Å². The summed E-state index contributed by atoms with van der Waals surface area (Å²) in [6.45, 7) is 13.0. The number of carbonyl (C=O) groups is 2. The maximum atomic E-state index is 13.5. The van der Waals surface area contributed by atoms with Crippen LogP contribution in [-0.2, 0) is 14.8 Å². The summed E-state index contributed by atoms with van der Waals surface area (Å²) in [5.41, 5.74) is 6.20. The summed E-state index contributed by atoms with van der Waals surface area (Å²) >= 11 is 0. The van der Waals surface area contributed by atoms with Gasteiger partial charge in [0.2, 0.25) is 15.9 Å². The summed E-state index contributed by atoms with van der Waals surface area (Å²) in [7, 11) is -3.66. The molecule has 3 rings (SSSR count). The van der Waals surface area contributed by atoms with Crippen molar-refractivity contribution in [3.63, 3.8) is 0 Å². The van der Waals surface area contributed by atoms with Gasteiger partial charge in [-0.2, -0.15) is 4.31 Å². The number of nitrogens with zero attached hydrogens (tertiary/aromatic N) is 2. The number of piperazine rings is 1. The van der Waals surface area contributed by atoms with Crippen LogP contribution in [0.1, 0.15) is 50.2 Å². The normalized spacial score (nSPS) is 14.8. The molecule has 0 bridgehead atoms. The Bertz CT molecular complexity index is 1180. The lowest BCUT2D eigenvalue weighted by atomic mass is 9.95. The van der Waals surface area contributed by atoms with E-state index < -0.39 is 10.0 Å². The molecule has 0 radical (unpaired) electrons. The highest BCUT2D eigenvalue weighted by molar-refractivity contribution is 7.89. The van der Waals surface area contributed by atoms with Gasteiger partial charge >= 0.3 is 0 Å². The van der Waals surface area contributed by atoms with E-state index in [1.807, 2.05) is 59.7 Å². The van der Waals surface area contributed by atoms with E-state index in [0.29, 0.717) is 23.5 Å². The summed E-state index contributed by atoms with van der Waals surface area (Å²) in [5.74, 6) is -0.284. The number of hydrogen-bond acceptors (Lipinski definition) is 4. The van der Waals surface area contributed by atoms with E-state index in [2.05, 4.69) is 5.32 Å². The molecule has 0 aliphatic carbocycles. The van der Waals surface area contributed by atoms with Crippen molar-refractivity contribution in [2.75, 3.05) is 32.7 Å². The second kappa shape index (κ2) is 10.3. The van der Waals surface area contributed by atoms with Crippen molar-refractivity contribution < 1.29 is 18.0 Å². The zero-order valence-corrected chi connectivity index (χ0v) is 21.8. The summed E-state index contributed by atoms with van der Waals surface area (Å²) in [4.78, 5) is 27.0. The standard InChI is InChI=1S/C26H35N3O4S/c1-17-9-7-8-10-23(17)26(31)27-12-11-24(30)28-13-15-29(16-14-28)34(32,33)25-21(5)19(3)18(2)20(4)22(25)6/h7-10H,11-16H2,1-6H3,(H,27,31). The molecule has 1 heterocycles. The fraction of sp³-hybridized carbons (Fsp3) is 0.462. The largest absolute Gasteiger partial charge is 0.352 e. The molecule has 2 aromatic carbocycles. The van der Waals surface area contributed by atoms with Crippen molar-refractivity contribution in [3.05, 3.63) is 63.2 Å². The predicted octanol–water partition coefficient (Wildman–Crippen LogP) is 3.19. The Labute approximate surface area is 203 Å². The maximum Gasteiger partial charge on any atom is 0.251 e. The minimum absolute atomic E-state index is 0.0866. The SMILES string of the molecule is Cc1ccccc1C(=O)NCCC(=O)N1CCN(S(=O)(=O)c2c(C)c(C)c(C)c(C)c2C)CC1. The molecule has 1 saturated heterocycles. The van der Waals surface area contributed by atoms with Gasteiger partial charge in [-0.3, -0.25) is 9.59 Å². The van der Waals surface area contributed by atoms with Crippen LogP contribution in [0.3, 0.4) is 0 Å². The van der Waals surface area contributed by atoms with Gasteiger partial charge in [0, 0.05) is 44.7 Å². The average Bonchev–Trinajstić information content (AvgIpc) is 2.81. The van der Waals surface area contributed by atoms with Gasteiger partial charge in [-0.05, 0) is 81.0 Å². The van der Waals surface area contributed by atoms with Crippen LogP contribution >= 0.6 is 0 Å². The first kappa shape index (κ1) is 25.9. The number of nitrogens with one attached hydrogen (secondary N) is 1. The molecule has 184 valence electrons. The molecule has 1 fully saturated rings. The van der Waals surface area contributed by atoms with Crippen molar-refractivity contribution in [2.24, 2.45) is 0 Å². The third-order valence-electron chi connectivity index (χ3n) is 7.13. The highest BCUT2D eigenvalue weighted by Gasteiger charge is 2.33. The molecule has 0 saturated carbocycles. The van der Waals surface area contributed by atoms with E-state index in [0.717, 1.165) is 33.4 Å². The second-order valence-electron chi connectivity index (χ2n) is 9.06. The van der Waals surface area contributed by atoms with Crippen LogP contribution in [0.4, 0.5) is 0 Å². The molecule has 0 unspecified atom stereocenters. The van der Waals surface area contributed by atoms with Crippen molar-refractivity contribution in [1.29, 1.82) is 0 Å². The molecule has 1 aliphatic heterocycles. The number of rotatable bonds is 6. The quantitative estimate of drug-likeness (QED) is 0.681. The predicted molar refractivity (Wildman–Crippen MR) is 134 cm³/mol. The smallest absolute Gasteiger partial charge is 0.251 e. The fourth-order valence-electron chi connectivity index (χ4n) is 4.52. The fourth-order valence-corrected chi connectivity index (χ4v) is 6.51. The van der Waals surface area contributed by atoms with Gasteiger partial charge in [0.1, 0.15) is 0 Å². The molecule has 1 N–H and O–H groups in total. The molecule has 0 atom stereocenters. The van der Waals surface area contributed by atoms with Crippen LogP contribution in [0.15, 0.2) is 29.2 Å². The number of amides is 2. The summed E-state index contributed by atoms with van der Waals surface area (Å²) in [6, 6.07) is 7.31. The monoisotopic (exact) mass is 485 g/mol. The first-order chi connectivity index (χ1) is 16.0. The van der Waals surface area contributed by atoms with Gasteiger partial charge in [-0.25, -0.2) is 8.42 Å². The first-order valence-corrected chi connectivity index (χ1v) is 13.1. The Kier molecular flexibility index (Phi) is 7.83. The van der Waals surface area contributed by atoms with E-state index in [1.165, 1.54) is 4.31 Å². The number of aryl methyl sites for hydroxylation is 1. The molecular formula is C26H35N3O4S. The van der Waals surface area contributed by atoms with Gasteiger partial charge in [0.25, 0.3) is 5.91 Å². The van der Waals surface area contributed by atoms with Gasteiger partial charge < -0.3 is 10.2 Å². The first-order valence-electron chi connectivity index (χ1n) is 11.7. The van der Waals surface area contributed by atoms with Crippen molar-refractivity contribution in [1.82, 2.24) is 14.5 Å². The average molecular weight is 486 g/mol. The van der Waals surface area contributed by atoms with Crippen LogP contribution in [0, 0.1) is 41.5 Å². The third kappa shape index (κ3) is 5.03. The Morgan fingerprint density at radius 1 is 0.824 bits per heavy atom. The zero-order valence-electron chi connectivity index (χ0n) is 21.0. The van der Waals surface area contributed by atoms with Crippen LogP contribution in [0.2, 0.25) is 0 Å². The maximum absolute atomic E-state index is 13.5. The molecule has 2 aromatic rings. The van der Waals surface area contributed by atoms with E-state index in [1.54, 1.807) is 11.0 Å². The van der Waals surface area contributed by atoms with Gasteiger partial charge in [0.15, 0.2) is 0 Å². The van der Waals surface area contributed by atoms with E-state index in [4.69, 9.17) is 0 Å². The van der Waals surface area contributed by atoms with Crippen LogP contribution < -0.4 is 5.32 Å². The lowest BCUT2D eigenvalue weighted by Crippen LogP contribution is -2.51. The topological polar surface area (TPSA) is 86.8 Å². The molecule has 34 heavy (non-hydrogen) atoms. The van der Waals surface area contributed by atoms with Crippen molar-refractivity contribution in [2.45, 2.75) is 52.9 Å². The number of carbonyl (C=O) groups excluding carboxylic acids is 2. The summed E-state index contributed by atoms with van der Waals surface area (Å²) in [6.07, 6.45) is 0.180.